The molecule has 298 valence electrons. The van der Waals surface area contributed by atoms with Crippen LogP contribution < -0.4 is 15.9 Å². The summed E-state index contributed by atoms with van der Waals surface area (Å²) in [5.74, 6) is 0. The molecule has 0 bridgehead atoms. The molecule has 0 atom stereocenters. The summed E-state index contributed by atoms with van der Waals surface area (Å²) in [6.07, 6.45) is 0. The molecule has 0 nitrogen and oxygen atoms in total. The van der Waals surface area contributed by atoms with Crippen molar-refractivity contribution in [3.8, 4) is 66.8 Å². The zero-order valence-corrected chi connectivity index (χ0v) is 36.7. The summed E-state index contributed by atoms with van der Waals surface area (Å²) in [4.78, 5) is 0. The second-order valence-corrected chi connectivity index (χ2v) is 20.4. The highest BCUT2D eigenvalue weighted by molar-refractivity contribution is 7.79. The summed E-state index contributed by atoms with van der Waals surface area (Å²) in [6, 6.07) is 88.3. The third-order valence-corrected chi connectivity index (χ3v) is 17.2. The van der Waals surface area contributed by atoms with Gasteiger partial charge < -0.3 is 0 Å². The molecule has 1 aliphatic carbocycles. The molecule has 0 radical (unpaired) electrons. The van der Waals surface area contributed by atoms with Gasteiger partial charge in [0.25, 0.3) is 0 Å². The first-order chi connectivity index (χ1) is 31.8. The van der Waals surface area contributed by atoms with Crippen molar-refractivity contribution in [2.24, 2.45) is 0 Å². The summed E-state index contributed by atoms with van der Waals surface area (Å²) < 4.78 is 2.66. The molecular weight excluding hydrogens is 808 g/mol. The van der Waals surface area contributed by atoms with Gasteiger partial charge in [-0.05, 0) is 137 Å². The van der Waals surface area contributed by atoms with E-state index in [4.69, 9.17) is 0 Å². The Morgan fingerprint density at radius 3 is 1.22 bits per heavy atom. The zero-order valence-electron chi connectivity index (χ0n) is 34.9. The fraction of sp³-hybridized carbons (Fsp3) is 0. The molecule has 0 fully saturated rings. The number of thiophene rings is 1. The van der Waals surface area contributed by atoms with Crippen LogP contribution in [0.15, 0.2) is 237 Å². The number of hydrogen-bond donors (Lipinski definition) is 0. The third-order valence-electron chi connectivity index (χ3n) is 13.3. The minimum Gasteiger partial charge on any atom is -0.135 e. The van der Waals surface area contributed by atoms with E-state index < -0.39 is 7.92 Å². The molecule has 0 amide bonds. The minimum atomic E-state index is -1.40. The zero-order chi connectivity index (χ0) is 42.1. The Bertz CT molecular complexity index is 3640. The maximum Gasteiger partial charge on any atom is 0.103 e. The summed E-state index contributed by atoms with van der Waals surface area (Å²) >= 11 is 1.93. The first-order valence-corrected chi connectivity index (χ1v) is 24.4. The Morgan fingerprint density at radius 2 is 0.688 bits per heavy atom. The highest BCUT2D eigenvalue weighted by Crippen LogP contribution is 2.59. The lowest BCUT2D eigenvalue weighted by Crippen LogP contribution is -2.20. The first kappa shape index (κ1) is 37.2. The lowest BCUT2D eigenvalue weighted by molar-refractivity contribution is 1.62. The molecule has 0 aliphatic heterocycles. The molecule has 0 N–H and O–H groups in total. The molecular formula is C62H40PS+. The highest BCUT2D eigenvalue weighted by atomic mass is 32.1. The smallest absolute Gasteiger partial charge is 0.103 e. The topological polar surface area (TPSA) is 0 Å². The van der Waals surface area contributed by atoms with Crippen LogP contribution in [0.4, 0.5) is 0 Å². The lowest BCUT2D eigenvalue weighted by Gasteiger charge is -2.20. The fourth-order valence-corrected chi connectivity index (χ4v) is 14.2. The van der Waals surface area contributed by atoms with Crippen LogP contribution in [0.5, 0.6) is 0 Å². The highest BCUT2D eigenvalue weighted by Gasteiger charge is 2.33. The van der Waals surface area contributed by atoms with E-state index in [1.165, 1.54) is 124 Å². The van der Waals surface area contributed by atoms with Crippen molar-refractivity contribution >= 4 is 76.9 Å². The Balaban J connectivity index is 1.04. The molecule has 11 aromatic carbocycles. The maximum absolute atomic E-state index is 2.55. The van der Waals surface area contributed by atoms with E-state index in [0.29, 0.717) is 0 Å². The van der Waals surface area contributed by atoms with Gasteiger partial charge in [0.2, 0.25) is 0 Å². The molecule has 1 aliphatic rings. The largest absolute Gasteiger partial charge is 0.135 e. The van der Waals surface area contributed by atoms with Crippen molar-refractivity contribution in [3.05, 3.63) is 237 Å². The van der Waals surface area contributed by atoms with E-state index in [0.717, 1.165) is 0 Å². The van der Waals surface area contributed by atoms with E-state index in [2.05, 4.69) is 237 Å². The molecule has 0 unspecified atom stereocenters. The van der Waals surface area contributed by atoms with Crippen LogP contribution >= 0.6 is 19.3 Å². The number of benzene rings is 11. The van der Waals surface area contributed by atoms with Crippen LogP contribution in [-0.2, 0) is 0 Å². The van der Waals surface area contributed by atoms with E-state index in [1.54, 1.807) is 0 Å². The summed E-state index contributed by atoms with van der Waals surface area (Å²) in [6.45, 7) is 0. The van der Waals surface area contributed by atoms with Gasteiger partial charge in [0.1, 0.15) is 15.9 Å². The Hall–Kier alpha value is -7.41. The van der Waals surface area contributed by atoms with Crippen LogP contribution in [0, 0.1) is 0 Å². The Morgan fingerprint density at radius 1 is 0.250 bits per heavy atom. The van der Waals surface area contributed by atoms with Crippen LogP contribution in [0.1, 0.15) is 0 Å². The van der Waals surface area contributed by atoms with Crippen molar-refractivity contribution in [1.29, 1.82) is 0 Å². The monoisotopic (exact) mass is 847 g/mol. The maximum atomic E-state index is 2.55. The van der Waals surface area contributed by atoms with E-state index >= 15 is 0 Å². The Kier molecular flexibility index (Phi) is 8.80. The van der Waals surface area contributed by atoms with Crippen LogP contribution in [0.2, 0.25) is 0 Å². The SMILES string of the molecule is c1ccc(-c2ccc([PH+](c3ccc(-c4ccccc4)cc3)c3ccc4sc5cc6c7c(cccc7c5c4c3)-c3c-6c(-c4ccccc4)c4ccccc4c3-c3ccccc3)cc2)cc1. The Labute approximate surface area is 378 Å². The van der Waals surface area contributed by atoms with Gasteiger partial charge in [0.15, 0.2) is 0 Å². The van der Waals surface area contributed by atoms with Crippen molar-refractivity contribution in [1.82, 2.24) is 0 Å². The second-order valence-electron chi connectivity index (χ2n) is 16.9. The molecule has 1 heterocycles. The van der Waals surface area contributed by atoms with Crippen LogP contribution in [0.25, 0.3) is 108 Å². The van der Waals surface area contributed by atoms with Gasteiger partial charge in [0, 0.05) is 20.2 Å². The lowest BCUT2D eigenvalue weighted by atomic mass is 9.82. The minimum absolute atomic E-state index is 1.24. The molecule has 0 saturated heterocycles. The average Bonchev–Trinajstić information content (AvgIpc) is 3.91. The van der Waals surface area contributed by atoms with Gasteiger partial charge in [-0.2, -0.15) is 0 Å². The molecule has 64 heavy (non-hydrogen) atoms. The van der Waals surface area contributed by atoms with Gasteiger partial charge in [0.05, 0.1) is 7.92 Å². The second kappa shape index (κ2) is 15.1. The summed E-state index contributed by atoms with van der Waals surface area (Å²) in [5.41, 5.74) is 15.4. The van der Waals surface area contributed by atoms with Gasteiger partial charge in [-0.25, -0.2) is 0 Å². The molecule has 12 aromatic rings. The van der Waals surface area contributed by atoms with Gasteiger partial charge in [-0.3, -0.25) is 0 Å². The van der Waals surface area contributed by atoms with E-state index in [-0.39, 0.29) is 0 Å². The normalized spacial score (nSPS) is 11.9. The van der Waals surface area contributed by atoms with Gasteiger partial charge >= 0.3 is 0 Å². The number of rotatable bonds is 7. The van der Waals surface area contributed by atoms with Crippen molar-refractivity contribution < 1.29 is 0 Å². The van der Waals surface area contributed by atoms with Crippen molar-refractivity contribution in [2.45, 2.75) is 0 Å². The molecule has 1 aromatic heterocycles. The fourth-order valence-electron chi connectivity index (χ4n) is 10.5. The third kappa shape index (κ3) is 5.93. The number of fused-ring (bicyclic) bond motifs is 8. The van der Waals surface area contributed by atoms with Gasteiger partial charge in [-0.1, -0.05) is 188 Å². The molecule has 2 heteroatoms. The van der Waals surface area contributed by atoms with Gasteiger partial charge in [-0.15, -0.1) is 11.3 Å². The number of hydrogen-bond acceptors (Lipinski definition) is 1. The quantitative estimate of drug-likeness (QED) is 0.140. The predicted octanol–water partition coefficient (Wildman–Crippen LogP) is 16.2. The van der Waals surface area contributed by atoms with E-state index in [9.17, 15) is 0 Å². The predicted molar refractivity (Wildman–Crippen MR) is 281 cm³/mol. The summed E-state index contributed by atoms with van der Waals surface area (Å²) in [7, 11) is -1.40. The first-order valence-electron chi connectivity index (χ1n) is 22.1. The molecule has 13 rings (SSSR count). The van der Waals surface area contributed by atoms with Crippen LogP contribution in [-0.4, -0.2) is 0 Å². The molecule has 0 saturated carbocycles. The average molecular weight is 848 g/mol. The molecule has 0 spiro atoms. The standard InChI is InChI=1S/C62H39PS/c1-5-16-40(17-6-1)42-28-32-46(33-29-42)63(47-34-30-43(31-35-47)41-18-7-2-8-19-41)48-36-37-55-53(38-48)60-51-26-15-27-52-59(51)54(39-56(60)64-55)62-58(45-22-11-4-12-23-45)50-25-14-13-24-49(50)57(61(52)62)44-20-9-3-10-21-44/h1-39H/p+1. The van der Waals surface area contributed by atoms with E-state index in [1.807, 2.05) is 11.3 Å². The van der Waals surface area contributed by atoms with Crippen molar-refractivity contribution in [2.75, 3.05) is 0 Å². The van der Waals surface area contributed by atoms with Crippen LogP contribution in [0.3, 0.4) is 0 Å². The van der Waals surface area contributed by atoms with Crippen molar-refractivity contribution in [3.63, 3.8) is 0 Å². The summed E-state index contributed by atoms with van der Waals surface area (Å²) in [5, 5.41) is 12.1.